The highest BCUT2D eigenvalue weighted by Gasteiger charge is 2.15. The van der Waals surface area contributed by atoms with Crippen molar-refractivity contribution in [3.05, 3.63) is 38.7 Å². The number of aromatic nitrogens is 3. The van der Waals surface area contributed by atoms with Crippen LogP contribution in [-0.4, -0.2) is 29.4 Å². The first-order valence-corrected chi connectivity index (χ1v) is 7.99. The van der Waals surface area contributed by atoms with Gasteiger partial charge in [0.2, 0.25) is 10.0 Å². The van der Waals surface area contributed by atoms with Crippen LogP contribution in [0.3, 0.4) is 0 Å². The lowest BCUT2D eigenvalue weighted by Crippen LogP contribution is -2.18. The van der Waals surface area contributed by atoms with Crippen molar-refractivity contribution in [1.29, 1.82) is 0 Å². The van der Waals surface area contributed by atoms with Crippen molar-refractivity contribution in [3.63, 3.8) is 0 Å². The predicted octanol–water partition coefficient (Wildman–Crippen LogP) is 1.14. The number of hydrogen-bond donors (Lipinski definition) is 2. The molecule has 1 heterocycles. The average Bonchev–Trinajstić information content (AvgIpc) is 2.60. The summed E-state index contributed by atoms with van der Waals surface area (Å²) in [4.78, 5) is 14.0. The molecule has 0 aliphatic rings. The molecule has 108 valence electrons. The van der Waals surface area contributed by atoms with E-state index >= 15 is 0 Å². The first-order valence-electron chi connectivity index (χ1n) is 5.30. The van der Waals surface area contributed by atoms with E-state index < -0.39 is 21.5 Å². The molecule has 0 spiro atoms. The van der Waals surface area contributed by atoms with Crippen LogP contribution in [0, 0.1) is 12.7 Å². The van der Waals surface area contributed by atoms with E-state index in [0.29, 0.717) is 5.82 Å². The van der Waals surface area contributed by atoms with Crippen molar-refractivity contribution in [2.24, 2.45) is 0 Å². The third-order valence-electron chi connectivity index (χ3n) is 2.29. The van der Waals surface area contributed by atoms with E-state index in [1.54, 1.807) is 6.92 Å². The molecule has 2 N–H and O–H groups in total. The van der Waals surface area contributed by atoms with Gasteiger partial charge in [0.15, 0.2) is 0 Å². The normalized spacial score (nSPS) is 11.6. The highest BCUT2D eigenvalue weighted by molar-refractivity contribution is 9.10. The van der Waals surface area contributed by atoms with Gasteiger partial charge in [-0.3, -0.25) is 9.71 Å². The van der Waals surface area contributed by atoms with Crippen LogP contribution in [-0.2, 0) is 10.0 Å². The van der Waals surface area contributed by atoms with Crippen LogP contribution in [0.5, 0.6) is 0 Å². The Morgan fingerprint density at radius 1 is 1.45 bits per heavy atom. The van der Waals surface area contributed by atoms with Crippen LogP contribution >= 0.6 is 15.9 Å². The van der Waals surface area contributed by atoms with Gasteiger partial charge < -0.3 is 0 Å². The van der Waals surface area contributed by atoms with Gasteiger partial charge in [0, 0.05) is 4.47 Å². The van der Waals surface area contributed by atoms with Crippen molar-refractivity contribution in [2.45, 2.75) is 6.92 Å². The summed E-state index contributed by atoms with van der Waals surface area (Å²) in [5.74, 6) is -0.403. The predicted molar refractivity (Wildman–Crippen MR) is 75.0 cm³/mol. The maximum absolute atomic E-state index is 13.9. The van der Waals surface area contributed by atoms with Crippen LogP contribution in [0.25, 0.3) is 5.69 Å². The number of rotatable bonds is 3. The number of H-pyrrole nitrogens is 1. The zero-order valence-electron chi connectivity index (χ0n) is 10.4. The fourth-order valence-electron chi connectivity index (χ4n) is 1.57. The second-order valence-electron chi connectivity index (χ2n) is 4.09. The lowest BCUT2D eigenvalue weighted by atomic mass is 10.2. The Labute approximate surface area is 122 Å². The number of nitrogens with one attached hydrogen (secondary N) is 2. The summed E-state index contributed by atoms with van der Waals surface area (Å²) in [6, 6.07) is 2.24. The van der Waals surface area contributed by atoms with E-state index in [4.69, 9.17) is 0 Å². The molecule has 10 heteroatoms. The van der Waals surface area contributed by atoms with Gasteiger partial charge in [0.05, 0.1) is 11.9 Å². The summed E-state index contributed by atoms with van der Waals surface area (Å²) in [7, 11) is -3.53. The fourth-order valence-corrected chi connectivity index (χ4v) is 2.68. The highest BCUT2D eigenvalue weighted by atomic mass is 79.9. The zero-order chi connectivity index (χ0) is 15.1. The van der Waals surface area contributed by atoms with E-state index in [9.17, 15) is 17.6 Å². The molecule has 0 bridgehead atoms. The van der Waals surface area contributed by atoms with Gasteiger partial charge in [-0.05, 0) is 35.0 Å². The Bertz CT molecular complexity index is 828. The van der Waals surface area contributed by atoms with Crippen molar-refractivity contribution >= 4 is 31.6 Å². The summed E-state index contributed by atoms with van der Waals surface area (Å²) < 4.78 is 39.7. The average molecular weight is 365 g/mol. The van der Waals surface area contributed by atoms with Crippen molar-refractivity contribution in [2.75, 3.05) is 11.0 Å². The van der Waals surface area contributed by atoms with Crippen molar-refractivity contribution in [3.8, 4) is 5.69 Å². The molecule has 2 aromatic rings. The summed E-state index contributed by atoms with van der Waals surface area (Å²) in [6.07, 6.45) is 0.966. The number of halogens is 2. The Hall–Kier alpha value is -1.68. The number of hydrogen-bond acceptors (Lipinski definition) is 4. The topological polar surface area (TPSA) is 96.8 Å². The van der Waals surface area contributed by atoms with E-state index in [0.717, 1.165) is 17.0 Å². The zero-order valence-corrected chi connectivity index (χ0v) is 12.8. The first kappa shape index (κ1) is 14.7. The maximum Gasteiger partial charge on any atom is 0.348 e. The second-order valence-corrected chi connectivity index (χ2v) is 6.69. The SMILES string of the molecule is Cc1nn(-c2cc(NS(C)(=O)=O)c(Br)cc2F)c(=O)[nH]1. The van der Waals surface area contributed by atoms with Crippen molar-refractivity contribution < 1.29 is 12.8 Å². The molecule has 0 radical (unpaired) electrons. The van der Waals surface area contributed by atoms with Gasteiger partial charge in [-0.2, -0.15) is 9.78 Å². The lowest BCUT2D eigenvalue weighted by molar-refractivity contribution is 0.603. The van der Waals surface area contributed by atoms with Crippen LogP contribution in [0.15, 0.2) is 21.4 Å². The van der Waals surface area contributed by atoms with Gasteiger partial charge in [-0.15, -0.1) is 0 Å². The minimum atomic E-state index is -3.53. The molecule has 0 amide bonds. The van der Waals surface area contributed by atoms with Crippen LogP contribution in [0.4, 0.5) is 10.1 Å². The third-order valence-corrected chi connectivity index (χ3v) is 3.54. The molecule has 0 saturated carbocycles. The molecule has 20 heavy (non-hydrogen) atoms. The first-order chi connectivity index (χ1) is 9.17. The van der Waals surface area contributed by atoms with Gasteiger partial charge in [-0.1, -0.05) is 0 Å². The Kier molecular flexibility index (Phi) is 3.69. The number of nitrogens with zero attached hydrogens (tertiary/aromatic N) is 2. The molecule has 2 rings (SSSR count). The summed E-state index contributed by atoms with van der Waals surface area (Å²) in [6.45, 7) is 1.55. The van der Waals surface area contributed by atoms with Gasteiger partial charge in [0.25, 0.3) is 0 Å². The molecule has 1 aromatic heterocycles. The fraction of sp³-hybridized carbons (Fsp3) is 0.200. The molecule has 0 aliphatic carbocycles. The summed E-state index contributed by atoms with van der Waals surface area (Å²) >= 11 is 3.05. The standard InChI is InChI=1S/C10H10BrFN4O3S/c1-5-13-10(17)16(14-5)9-4-8(15-20(2,18)19)6(11)3-7(9)12/h3-4,15H,1-2H3,(H,13,14,17). The number of benzene rings is 1. The molecular weight excluding hydrogens is 355 g/mol. The minimum Gasteiger partial charge on any atom is -0.293 e. The summed E-state index contributed by atoms with van der Waals surface area (Å²) in [5.41, 5.74) is -0.667. The van der Waals surface area contributed by atoms with E-state index in [1.165, 1.54) is 6.07 Å². The molecule has 1 aromatic carbocycles. The van der Waals surface area contributed by atoms with E-state index in [2.05, 4.69) is 30.7 Å². The van der Waals surface area contributed by atoms with Crippen molar-refractivity contribution in [1.82, 2.24) is 14.8 Å². The van der Waals surface area contributed by atoms with Gasteiger partial charge in [-0.25, -0.2) is 17.6 Å². The number of anilines is 1. The number of aromatic amines is 1. The largest absolute Gasteiger partial charge is 0.348 e. The lowest BCUT2D eigenvalue weighted by Gasteiger charge is -2.09. The minimum absolute atomic E-state index is 0.108. The Morgan fingerprint density at radius 2 is 2.10 bits per heavy atom. The second kappa shape index (κ2) is 5.02. The quantitative estimate of drug-likeness (QED) is 0.853. The van der Waals surface area contributed by atoms with E-state index in [1.807, 2.05) is 0 Å². The van der Waals surface area contributed by atoms with Gasteiger partial charge in [0.1, 0.15) is 17.3 Å². The highest BCUT2D eigenvalue weighted by Crippen LogP contribution is 2.28. The smallest absolute Gasteiger partial charge is 0.293 e. The number of aryl methyl sites for hydroxylation is 1. The maximum atomic E-state index is 13.9. The number of sulfonamides is 1. The molecule has 0 aliphatic heterocycles. The molecule has 0 saturated heterocycles. The molecule has 0 fully saturated rings. The molecule has 7 nitrogen and oxygen atoms in total. The Morgan fingerprint density at radius 3 is 2.60 bits per heavy atom. The summed E-state index contributed by atoms with van der Waals surface area (Å²) in [5, 5.41) is 3.82. The van der Waals surface area contributed by atoms with Crippen LogP contribution in [0.1, 0.15) is 5.82 Å². The van der Waals surface area contributed by atoms with Crippen LogP contribution in [0.2, 0.25) is 0 Å². The third kappa shape index (κ3) is 3.07. The monoisotopic (exact) mass is 364 g/mol. The van der Waals surface area contributed by atoms with Gasteiger partial charge >= 0.3 is 5.69 Å². The molecular formula is C10H10BrFN4O3S. The Balaban J connectivity index is 2.63. The molecule has 0 atom stereocenters. The molecule has 0 unspecified atom stereocenters. The van der Waals surface area contributed by atoms with E-state index in [-0.39, 0.29) is 15.8 Å². The van der Waals surface area contributed by atoms with Crippen LogP contribution < -0.4 is 10.4 Å².